The molecule has 1 aliphatic heterocycles. The van der Waals surface area contributed by atoms with Crippen LogP contribution in [-0.4, -0.2) is 17.6 Å². The zero-order valence-corrected chi connectivity index (χ0v) is 8.48. The minimum absolute atomic E-state index is 0.181. The van der Waals surface area contributed by atoms with Crippen molar-refractivity contribution in [3.05, 3.63) is 24.2 Å². The van der Waals surface area contributed by atoms with E-state index in [-0.39, 0.29) is 12.0 Å². The molecule has 1 fully saturated rings. The number of carboxylic acid groups (broad SMARTS) is 1. The number of rotatable bonds is 2. The van der Waals surface area contributed by atoms with Gasteiger partial charge < -0.3 is 14.8 Å². The van der Waals surface area contributed by atoms with Crippen LogP contribution in [0.1, 0.15) is 31.1 Å². The van der Waals surface area contributed by atoms with Gasteiger partial charge in [0.25, 0.3) is 0 Å². The molecule has 82 valence electrons. The van der Waals surface area contributed by atoms with Crippen molar-refractivity contribution >= 4 is 5.97 Å². The Kier molecular flexibility index (Phi) is 3.06. The quantitative estimate of drug-likeness (QED) is 0.779. The van der Waals surface area contributed by atoms with Crippen LogP contribution in [0.2, 0.25) is 0 Å². The van der Waals surface area contributed by atoms with Gasteiger partial charge in [0.05, 0.1) is 18.2 Å². The Morgan fingerprint density at radius 2 is 2.40 bits per heavy atom. The van der Waals surface area contributed by atoms with E-state index in [0.29, 0.717) is 6.42 Å². The fourth-order valence-corrected chi connectivity index (χ4v) is 2.09. The Bertz CT molecular complexity index is 321. The van der Waals surface area contributed by atoms with Crippen molar-refractivity contribution < 1.29 is 14.3 Å². The van der Waals surface area contributed by atoms with Gasteiger partial charge in [0, 0.05) is 0 Å². The van der Waals surface area contributed by atoms with Crippen LogP contribution in [0.5, 0.6) is 0 Å². The van der Waals surface area contributed by atoms with E-state index in [2.05, 4.69) is 5.32 Å². The van der Waals surface area contributed by atoms with Gasteiger partial charge >= 0.3 is 5.97 Å². The van der Waals surface area contributed by atoms with Gasteiger partial charge in [0.1, 0.15) is 5.76 Å². The highest BCUT2D eigenvalue weighted by Gasteiger charge is 2.31. The molecule has 4 nitrogen and oxygen atoms in total. The molecule has 2 rings (SSSR count). The first-order valence-corrected chi connectivity index (χ1v) is 5.28. The zero-order chi connectivity index (χ0) is 10.7. The van der Waals surface area contributed by atoms with Gasteiger partial charge in [-0.1, -0.05) is 6.42 Å². The van der Waals surface area contributed by atoms with Crippen LogP contribution in [0, 0.1) is 5.92 Å². The topological polar surface area (TPSA) is 62.5 Å². The number of hydrogen-bond acceptors (Lipinski definition) is 3. The molecule has 15 heavy (non-hydrogen) atoms. The molecule has 0 bridgehead atoms. The molecule has 0 spiro atoms. The Balaban J connectivity index is 2.20. The number of carboxylic acids is 1. The van der Waals surface area contributed by atoms with E-state index in [1.54, 1.807) is 12.3 Å². The molecule has 0 aliphatic carbocycles. The largest absolute Gasteiger partial charge is 0.481 e. The van der Waals surface area contributed by atoms with Crippen LogP contribution in [-0.2, 0) is 4.79 Å². The van der Waals surface area contributed by atoms with Gasteiger partial charge in [0.2, 0.25) is 0 Å². The lowest BCUT2D eigenvalue weighted by molar-refractivity contribution is -0.143. The van der Waals surface area contributed by atoms with Crippen molar-refractivity contribution in [3.8, 4) is 0 Å². The summed E-state index contributed by atoms with van der Waals surface area (Å²) in [4.78, 5) is 11.1. The second-order valence-corrected chi connectivity index (χ2v) is 3.89. The van der Waals surface area contributed by atoms with E-state index >= 15 is 0 Å². The van der Waals surface area contributed by atoms with Crippen molar-refractivity contribution in [1.82, 2.24) is 5.32 Å². The maximum absolute atomic E-state index is 11.1. The molecule has 1 aromatic heterocycles. The Morgan fingerprint density at radius 3 is 3.07 bits per heavy atom. The van der Waals surface area contributed by atoms with E-state index in [0.717, 1.165) is 25.1 Å². The third-order valence-electron chi connectivity index (χ3n) is 2.88. The number of nitrogens with one attached hydrogen (secondary N) is 1. The van der Waals surface area contributed by atoms with Crippen molar-refractivity contribution in [1.29, 1.82) is 0 Å². The molecular formula is C11H15NO3. The summed E-state index contributed by atoms with van der Waals surface area (Å²) >= 11 is 0. The predicted octanol–water partition coefficient (Wildman–Crippen LogP) is 1.79. The molecule has 0 saturated carbocycles. The Labute approximate surface area is 88.3 Å². The van der Waals surface area contributed by atoms with E-state index < -0.39 is 5.97 Å². The first-order valence-electron chi connectivity index (χ1n) is 5.28. The van der Waals surface area contributed by atoms with Crippen LogP contribution in [0.3, 0.4) is 0 Å². The molecule has 0 radical (unpaired) electrons. The summed E-state index contributed by atoms with van der Waals surface area (Å²) in [5, 5.41) is 12.4. The van der Waals surface area contributed by atoms with Crippen molar-refractivity contribution in [3.63, 3.8) is 0 Å². The summed E-state index contributed by atoms with van der Waals surface area (Å²) in [6.45, 7) is 0.856. The van der Waals surface area contributed by atoms with E-state index in [1.807, 2.05) is 6.07 Å². The first-order chi connectivity index (χ1) is 7.29. The lowest BCUT2D eigenvalue weighted by Crippen LogP contribution is -2.31. The maximum atomic E-state index is 11.1. The van der Waals surface area contributed by atoms with Crippen LogP contribution in [0.4, 0.5) is 0 Å². The molecule has 1 saturated heterocycles. The van der Waals surface area contributed by atoms with Gasteiger partial charge in [-0.2, -0.15) is 0 Å². The molecule has 2 atom stereocenters. The molecular weight excluding hydrogens is 194 g/mol. The van der Waals surface area contributed by atoms with Crippen LogP contribution in [0.25, 0.3) is 0 Å². The highest BCUT2D eigenvalue weighted by Crippen LogP contribution is 2.29. The molecule has 4 heteroatoms. The minimum atomic E-state index is -0.745. The number of hydrogen-bond donors (Lipinski definition) is 2. The third kappa shape index (κ3) is 2.21. The Hall–Kier alpha value is -1.29. The summed E-state index contributed by atoms with van der Waals surface area (Å²) in [6, 6.07) is 3.44. The second-order valence-electron chi connectivity index (χ2n) is 3.89. The van der Waals surface area contributed by atoms with Crippen molar-refractivity contribution in [2.75, 3.05) is 6.54 Å². The average molecular weight is 209 g/mol. The number of furan rings is 1. The van der Waals surface area contributed by atoms with E-state index in [1.165, 1.54) is 0 Å². The average Bonchev–Trinajstić information content (AvgIpc) is 2.61. The highest BCUT2D eigenvalue weighted by atomic mass is 16.4. The summed E-state index contributed by atoms with van der Waals surface area (Å²) in [5.41, 5.74) is 0. The second kappa shape index (κ2) is 4.49. The number of carbonyl (C=O) groups is 1. The zero-order valence-electron chi connectivity index (χ0n) is 8.48. The smallest absolute Gasteiger partial charge is 0.308 e. The summed E-state index contributed by atoms with van der Waals surface area (Å²) in [5.74, 6) is -0.395. The standard InChI is InChI=1S/C11H15NO3/c13-11(14)8-4-1-2-6-12-10(8)9-5-3-7-15-9/h3,5,7-8,10,12H,1-2,4,6H2,(H,13,14)/t8-,10-/m0/s1. The Morgan fingerprint density at radius 1 is 1.53 bits per heavy atom. The monoisotopic (exact) mass is 209 g/mol. The molecule has 2 heterocycles. The number of aliphatic carboxylic acids is 1. The summed E-state index contributed by atoms with van der Waals surface area (Å²) < 4.78 is 5.28. The van der Waals surface area contributed by atoms with Gasteiger partial charge in [-0.25, -0.2) is 0 Å². The summed E-state index contributed by atoms with van der Waals surface area (Å²) in [7, 11) is 0. The highest BCUT2D eigenvalue weighted by molar-refractivity contribution is 5.71. The fraction of sp³-hybridized carbons (Fsp3) is 0.545. The molecule has 0 unspecified atom stereocenters. The first kappa shape index (κ1) is 10.2. The van der Waals surface area contributed by atoms with Crippen LogP contribution >= 0.6 is 0 Å². The fourth-order valence-electron chi connectivity index (χ4n) is 2.09. The third-order valence-corrected chi connectivity index (χ3v) is 2.88. The maximum Gasteiger partial charge on any atom is 0.308 e. The van der Waals surface area contributed by atoms with Gasteiger partial charge in [-0.15, -0.1) is 0 Å². The van der Waals surface area contributed by atoms with E-state index in [9.17, 15) is 4.79 Å². The normalized spacial score (nSPS) is 27.2. The minimum Gasteiger partial charge on any atom is -0.481 e. The lowest BCUT2D eigenvalue weighted by atomic mass is 9.94. The summed E-state index contributed by atoms with van der Waals surface area (Å²) in [6.07, 6.45) is 4.29. The molecule has 1 aromatic rings. The predicted molar refractivity (Wildman–Crippen MR) is 54.4 cm³/mol. The molecule has 1 aliphatic rings. The van der Waals surface area contributed by atoms with Crippen molar-refractivity contribution in [2.24, 2.45) is 5.92 Å². The van der Waals surface area contributed by atoms with Gasteiger partial charge in [-0.3, -0.25) is 4.79 Å². The molecule has 0 aromatic carbocycles. The molecule has 0 amide bonds. The molecule has 2 N–H and O–H groups in total. The lowest BCUT2D eigenvalue weighted by Gasteiger charge is -2.20. The van der Waals surface area contributed by atoms with Gasteiger partial charge in [-0.05, 0) is 31.5 Å². The van der Waals surface area contributed by atoms with Crippen LogP contribution < -0.4 is 5.32 Å². The van der Waals surface area contributed by atoms with E-state index in [4.69, 9.17) is 9.52 Å². The van der Waals surface area contributed by atoms with Gasteiger partial charge in [0.15, 0.2) is 0 Å². The SMILES string of the molecule is O=C(O)[C@H]1CCCCN[C@@H]1c1ccco1. The van der Waals surface area contributed by atoms with Crippen LogP contribution in [0.15, 0.2) is 22.8 Å². The van der Waals surface area contributed by atoms with Crippen molar-refractivity contribution in [2.45, 2.75) is 25.3 Å².